The number of nitrogens with zero attached hydrogens (tertiary/aromatic N) is 2. The number of hydrogen-bond acceptors (Lipinski definition) is 3. The van der Waals surface area contributed by atoms with E-state index in [0.29, 0.717) is 12.5 Å². The Bertz CT molecular complexity index is 347. The fourth-order valence-corrected chi connectivity index (χ4v) is 1.49. The van der Waals surface area contributed by atoms with E-state index in [0.717, 1.165) is 11.4 Å². The number of carboxylic acid groups (broad SMARTS) is 1. The fraction of sp³-hybridized carbons (Fsp3) is 0.500. The topological polar surface area (TPSA) is 53.4 Å². The van der Waals surface area contributed by atoms with Crippen LogP contribution in [0.25, 0.3) is 0 Å². The van der Waals surface area contributed by atoms with Gasteiger partial charge in [0.05, 0.1) is 0 Å². The molecule has 0 saturated carbocycles. The Hall–Kier alpha value is -1.58. The van der Waals surface area contributed by atoms with E-state index in [1.54, 1.807) is 11.1 Å². The van der Waals surface area contributed by atoms with Crippen LogP contribution in [0.15, 0.2) is 18.3 Å². The highest BCUT2D eigenvalue weighted by atomic mass is 16.4. The molecule has 0 fully saturated rings. The third-order valence-electron chi connectivity index (χ3n) is 2.13. The van der Waals surface area contributed by atoms with Crippen LogP contribution in [0.4, 0.5) is 5.82 Å². The number of pyridine rings is 1. The van der Waals surface area contributed by atoms with Gasteiger partial charge in [0.2, 0.25) is 0 Å². The van der Waals surface area contributed by atoms with E-state index >= 15 is 0 Å². The molecule has 1 heterocycles. The summed E-state index contributed by atoms with van der Waals surface area (Å²) in [6.07, 6.45) is 1.75. The van der Waals surface area contributed by atoms with Gasteiger partial charge in [-0.1, -0.05) is 19.9 Å². The largest absolute Gasteiger partial charge is 0.480 e. The number of anilines is 1. The molecule has 0 unspecified atom stereocenters. The van der Waals surface area contributed by atoms with E-state index in [-0.39, 0.29) is 6.54 Å². The third-order valence-corrected chi connectivity index (χ3v) is 2.13. The van der Waals surface area contributed by atoms with Crippen molar-refractivity contribution >= 4 is 11.8 Å². The van der Waals surface area contributed by atoms with Crippen molar-refractivity contribution in [2.75, 3.05) is 18.0 Å². The van der Waals surface area contributed by atoms with Crippen LogP contribution < -0.4 is 4.90 Å². The Morgan fingerprint density at radius 2 is 2.19 bits per heavy atom. The van der Waals surface area contributed by atoms with Crippen LogP contribution in [0.3, 0.4) is 0 Å². The maximum atomic E-state index is 10.8. The van der Waals surface area contributed by atoms with E-state index in [1.807, 2.05) is 19.1 Å². The van der Waals surface area contributed by atoms with Crippen molar-refractivity contribution in [3.05, 3.63) is 23.9 Å². The average Bonchev–Trinajstić information content (AvgIpc) is 2.16. The van der Waals surface area contributed by atoms with Crippen molar-refractivity contribution in [1.82, 2.24) is 4.98 Å². The molecule has 0 aliphatic rings. The summed E-state index contributed by atoms with van der Waals surface area (Å²) in [5, 5.41) is 8.84. The van der Waals surface area contributed by atoms with Crippen molar-refractivity contribution < 1.29 is 9.90 Å². The van der Waals surface area contributed by atoms with Gasteiger partial charge in [0.1, 0.15) is 12.4 Å². The molecule has 0 aliphatic heterocycles. The molecular weight excluding hydrogens is 204 g/mol. The second-order valence-electron chi connectivity index (χ2n) is 4.36. The van der Waals surface area contributed by atoms with Crippen LogP contribution in [0, 0.1) is 12.8 Å². The summed E-state index contributed by atoms with van der Waals surface area (Å²) < 4.78 is 0. The number of rotatable bonds is 5. The molecule has 0 aromatic carbocycles. The van der Waals surface area contributed by atoms with Crippen molar-refractivity contribution in [1.29, 1.82) is 0 Å². The van der Waals surface area contributed by atoms with Crippen LogP contribution in [0.5, 0.6) is 0 Å². The van der Waals surface area contributed by atoms with E-state index in [9.17, 15) is 4.79 Å². The lowest BCUT2D eigenvalue weighted by Gasteiger charge is -2.23. The van der Waals surface area contributed by atoms with E-state index < -0.39 is 5.97 Å². The molecule has 0 atom stereocenters. The highest BCUT2D eigenvalue weighted by Crippen LogP contribution is 2.12. The molecule has 4 nitrogen and oxygen atoms in total. The summed E-state index contributed by atoms with van der Waals surface area (Å²) in [4.78, 5) is 16.8. The average molecular weight is 222 g/mol. The fourth-order valence-electron chi connectivity index (χ4n) is 1.49. The molecule has 1 aromatic heterocycles. The number of hydrogen-bond donors (Lipinski definition) is 1. The Kier molecular flexibility index (Phi) is 4.28. The third kappa shape index (κ3) is 3.88. The van der Waals surface area contributed by atoms with E-state index in [1.165, 1.54) is 0 Å². The Labute approximate surface area is 95.9 Å². The van der Waals surface area contributed by atoms with Gasteiger partial charge in [0, 0.05) is 12.7 Å². The summed E-state index contributed by atoms with van der Waals surface area (Å²) in [6.45, 7) is 6.77. The first-order valence-electron chi connectivity index (χ1n) is 5.38. The molecule has 1 N–H and O–H groups in total. The van der Waals surface area contributed by atoms with Crippen molar-refractivity contribution in [2.45, 2.75) is 20.8 Å². The Morgan fingerprint density at radius 3 is 2.62 bits per heavy atom. The second kappa shape index (κ2) is 5.49. The normalized spacial score (nSPS) is 10.5. The molecule has 1 rings (SSSR count). The summed E-state index contributed by atoms with van der Waals surface area (Å²) in [6, 6.07) is 3.80. The maximum absolute atomic E-state index is 10.8. The van der Waals surface area contributed by atoms with Crippen LogP contribution in [-0.2, 0) is 4.79 Å². The van der Waals surface area contributed by atoms with Gasteiger partial charge in [0.25, 0.3) is 0 Å². The van der Waals surface area contributed by atoms with Gasteiger partial charge in [-0.15, -0.1) is 0 Å². The summed E-state index contributed by atoms with van der Waals surface area (Å²) in [5.41, 5.74) is 1.07. The van der Waals surface area contributed by atoms with Gasteiger partial charge in [0.15, 0.2) is 0 Å². The summed E-state index contributed by atoms with van der Waals surface area (Å²) in [5.74, 6) is 0.298. The molecule has 0 spiro atoms. The lowest BCUT2D eigenvalue weighted by molar-refractivity contribution is -0.135. The zero-order chi connectivity index (χ0) is 12.1. The molecule has 0 bridgehead atoms. The van der Waals surface area contributed by atoms with Crippen LogP contribution in [-0.4, -0.2) is 29.1 Å². The van der Waals surface area contributed by atoms with Gasteiger partial charge in [-0.05, 0) is 24.5 Å². The summed E-state index contributed by atoms with van der Waals surface area (Å²) in [7, 11) is 0. The molecule has 0 radical (unpaired) electrons. The first-order chi connectivity index (χ1) is 7.49. The van der Waals surface area contributed by atoms with Gasteiger partial charge in [-0.2, -0.15) is 0 Å². The van der Waals surface area contributed by atoms with Crippen molar-refractivity contribution in [3.8, 4) is 0 Å². The van der Waals surface area contributed by atoms with E-state index in [2.05, 4.69) is 18.8 Å². The molecule has 4 heteroatoms. The van der Waals surface area contributed by atoms with E-state index in [4.69, 9.17) is 5.11 Å². The van der Waals surface area contributed by atoms with Gasteiger partial charge in [-0.3, -0.25) is 4.79 Å². The number of carboxylic acids is 1. The van der Waals surface area contributed by atoms with Crippen molar-refractivity contribution in [2.24, 2.45) is 5.92 Å². The molecular formula is C12H18N2O2. The zero-order valence-corrected chi connectivity index (χ0v) is 9.97. The number of aryl methyl sites for hydroxylation is 1. The lowest BCUT2D eigenvalue weighted by atomic mass is 10.2. The smallest absolute Gasteiger partial charge is 0.323 e. The molecule has 0 amide bonds. The molecule has 0 aliphatic carbocycles. The van der Waals surface area contributed by atoms with Crippen LogP contribution in [0.1, 0.15) is 19.4 Å². The van der Waals surface area contributed by atoms with Crippen molar-refractivity contribution in [3.63, 3.8) is 0 Å². The van der Waals surface area contributed by atoms with Crippen LogP contribution >= 0.6 is 0 Å². The van der Waals surface area contributed by atoms with Gasteiger partial charge >= 0.3 is 5.97 Å². The second-order valence-corrected chi connectivity index (χ2v) is 4.36. The quantitative estimate of drug-likeness (QED) is 0.827. The molecule has 1 aromatic rings. The summed E-state index contributed by atoms with van der Waals surface area (Å²) >= 11 is 0. The number of aliphatic carboxylic acids is 1. The highest BCUT2D eigenvalue weighted by molar-refractivity contribution is 5.73. The predicted octanol–water partition coefficient (Wildman–Crippen LogP) is 1.94. The Balaban J connectivity index is 2.82. The minimum absolute atomic E-state index is 0.00571. The van der Waals surface area contributed by atoms with Crippen LogP contribution in [0.2, 0.25) is 0 Å². The zero-order valence-electron chi connectivity index (χ0n) is 9.97. The highest BCUT2D eigenvalue weighted by Gasteiger charge is 2.12. The first-order valence-corrected chi connectivity index (χ1v) is 5.38. The van der Waals surface area contributed by atoms with Gasteiger partial charge in [-0.25, -0.2) is 4.98 Å². The predicted molar refractivity (Wildman–Crippen MR) is 63.7 cm³/mol. The maximum Gasteiger partial charge on any atom is 0.323 e. The Morgan fingerprint density at radius 1 is 1.50 bits per heavy atom. The number of carbonyl (C=O) groups is 1. The SMILES string of the molecule is Cc1ccc(N(CC(=O)O)CC(C)C)nc1. The minimum Gasteiger partial charge on any atom is -0.480 e. The monoisotopic (exact) mass is 222 g/mol. The standard InChI is InChI=1S/C12H18N2O2/c1-9(2)7-14(8-12(15)16)11-5-4-10(3)6-13-11/h4-6,9H,7-8H2,1-3H3,(H,15,16). The lowest BCUT2D eigenvalue weighted by Crippen LogP contribution is -2.33. The molecule has 88 valence electrons. The minimum atomic E-state index is -0.831. The number of aromatic nitrogens is 1. The van der Waals surface area contributed by atoms with Gasteiger partial charge < -0.3 is 10.0 Å². The molecule has 0 saturated heterocycles. The first kappa shape index (κ1) is 12.5. The molecule has 16 heavy (non-hydrogen) atoms.